The number of nitriles is 1. The van der Waals surface area contributed by atoms with E-state index in [-0.39, 0.29) is 17.1 Å². The summed E-state index contributed by atoms with van der Waals surface area (Å²) < 4.78 is 32.4. The summed E-state index contributed by atoms with van der Waals surface area (Å²) >= 11 is 1.89. The Hall–Kier alpha value is -2.39. The van der Waals surface area contributed by atoms with Gasteiger partial charge in [0, 0.05) is 18.7 Å². The van der Waals surface area contributed by atoms with E-state index >= 15 is 0 Å². The van der Waals surface area contributed by atoms with Crippen LogP contribution in [-0.4, -0.2) is 44.3 Å². The number of benzene rings is 1. The number of anilines is 1. The normalized spacial score (nSPS) is 16.7. The molecule has 0 bridgehead atoms. The minimum Gasteiger partial charge on any atom is -0.462 e. The van der Waals surface area contributed by atoms with Crippen LogP contribution in [0.3, 0.4) is 0 Å². The molecule has 1 aromatic heterocycles. The molecule has 1 aliphatic heterocycles. The molecule has 0 aliphatic carbocycles. The van der Waals surface area contributed by atoms with E-state index in [0.717, 1.165) is 35.9 Å². The van der Waals surface area contributed by atoms with Crippen molar-refractivity contribution in [1.82, 2.24) is 4.31 Å². The number of thiophene rings is 1. The molecule has 1 N–H and O–H groups in total. The van der Waals surface area contributed by atoms with Crippen LogP contribution < -0.4 is 5.32 Å². The number of esters is 1. The topological polar surface area (TPSA) is 117 Å². The molecule has 11 heteroatoms. The molecule has 0 radical (unpaired) electrons. The first-order valence-corrected chi connectivity index (χ1v) is 13.5. The molecular weight excluding hydrogens is 482 g/mol. The molecule has 1 amide bonds. The molecule has 1 saturated heterocycles. The van der Waals surface area contributed by atoms with Gasteiger partial charge in [-0.25, -0.2) is 13.2 Å². The number of amides is 1. The van der Waals surface area contributed by atoms with Crippen molar-refractivity contribution in [3.8, 4) is 5.40 Å². The fourth-order valence-electron chi connectivity index (χ4n) is 3.61. The van der Waals surface area contributed by atoms with Crippen molar-refractivity contribution >= 4 is 50.0 Å². The minimum atomic E-state index is -3.61. The molecular formula is C22H25N3O5S3. The van der Waals surface area contributed by atoms with Gasteiger partial charge in [0.25, 0.3) is 5.91 Å². The lowest BCUT2D eigenvalue weighted by Gasteiger charge is -2.30. The molecule has 0 saturated carbocycles. The van der Waals surface area contributed by atoms with Crippen molar-refractivity contribution in [2.24, 2.45) is 5.92 Å². The maximum atomic E-state index is 12.9. The van der Waals surface area contributed by atoms with Crippen LogP contribution in [0.15, 0.2) is 34.1 Å². The zero-order chi connectivity index (χ0) is 24.2. The summed E-state index contributed by atoms with van der Waals surface area (Å²) in [6, 6.07) is 5.77. The Bertz CT molecular complexity index is 1180. The molecule has 33 heavy (non-hydrogen) atoms. The second kappa shape index (κ2) is 10.7. The number of carbonyl (C=O) groups is 2. The molecule has 3 rings (SSSR count). The van der Waals surface area contributed by atoms with Crippen LogP contribution >= 0.6 is 23.1 Å². The average Bonchev–Trinajstić information content (AvgIpc) is 3.09. The van der Waals surface area contributed by atoms with Gasteiger partial charge in [0.2, 0.25) is 10.0 Å². The van der Waals surface area contributed by atoms with Crippen molar-refractivity contribution in [3.63, 3.8) is 0 Å². The standard InChI is InChI=1S/C22H25N3O5S3/c1-4-30-22(27)19-15(3)18(31-13-23)21(32-19)24-20(26)16-7-9-17(10-8-16)33(28,29)25-11-5-6-14(2)12-25/h7-10,14H,4-6,11-12H2,1-3H3,(H,24,26). The second-order valence-electron chi connectivity index (χ2n) is 7.72. The summed E-state index contributed by atoms with van der Waals surface area (Å²) in [5, 5.41) is 14.2. The number of thioether (sulfide) groups is 1. The summed E-state index contributed by atoms with van der Waals surface area (Å²) in [5.41, 5.74) is 0.829. The SMILES string of the molecule is CCOC(=O)c1sc(NC(=O)c2ccc(S(=O)(=O)N3CCCC(C)C3)cc2)c(SC#N)c1C. The van der Waals surface area contributed by atoms with E-state index in [1.54, 1.807) is 13.8 Å². The number of thiocyanates is 1. The molecule has 0 spiro atoms. The van der Waals surface area contributed by atoms with E-state index in [1.165, 1.54) is 28.6 Å². The second-order valence-corrected chi connectivity index (χ2v) is 11.5. The monoisotopic (exact) mass is 507 g/mol. The Balaban J connectivity index is 1.81. The minimum absolute atomic E-state index is 0.144. The number of nitrogens with zero attached hydrogens (tertiary/aromatic N) is 2. The van der Waals surface area contributed by atoms with E-state index in [9.17, 15) is 18.0 Å². The number of hydrogen-bond donors (Lipinski definition) is 1. The molecule has 8 nitrogen and oxygen atoms in total. The van der Waals surface area contributed by atoms with Crippen LogP contribution in [0.2, 0.25) is 0 Å². The van der Waals surface area contributed by atoms with Crippen LogP contribution in [0.4, 0.5) is 5.00 Å². The molecule has 176 valence electrons. The van der Waals surface area contributed by atoms with Crippen molar-refractivity contribution in [2.45, 2.75) is 43.4 Å². The number of sulfonamides is 1. The van der Waals surface area contributed by atoms with Gasteiger partial charge in [-0.15, -0.1) is 11.3 Å². The fourth-order valence-corrected chi connectivity index (χ4v) is 7.00. The summed E-state index contributed by atoms with van der Waals surface area (Å²) in [6.07, 6.45) is 1.84. The van der Waals surface area contributed by atoms with Crippen molar-refractivity contribution in [3.05, 3.63) is 40.3 Å². The van der Waals surface area contributed by atoms with Crippen LogP contribution in [-0.2, 0) is 14.8 Å². The van der Waals surface area contributed by atoms with Crippen molar-refractivity contribution < 1.29 is 22.7 Å². The average molecular weight is 508 g/mol. The van der Waals surface area contributed by atoms with E-state index in [2.05, 4.69) is 5.32 Å². The molecule has 1 aliphatic rings. The predicted molar refractivity (Wildman–Crippen MR) is 128 cm³/mol. The van der Waals surface area contributed by atoms with Crippen LogP contribution in [0.1, 0.15) is 52.3 Å². The largest absolute Gasteiger partial charge is 0.462 e. The van der Waals surface area contributed by atoms with Crippen molar-refractivity contribution in [1.29, 1.82) is 5.26 Å². The molecule has 2 aromatic rings. The number of carbonyl (C=O) groups excluding carboxylic acids is 2. The highest BCUT2D eigenvalue weighted by Gasteiger charge is 2.29. The lowest BCUT2D eigenvalue weighted by Crippen LogP contribution is -2.39. The molecule has 1 atom stereocenters. The zero-order valence-corrected chi connectivity index (χ0v) is 21.0. The fraction of sp³-hybridized carbons (Fsp3) is 0.409. The van der Waals surface area contributed by atoms with Gasteiger partial charge in [-0.3, -0.25) is 4.79 Å². The van der Waals surface area contributed by atoms with Gasteiger partial charge in [-0.2, -0.15) is 9.57 Å². The molecule has 1 fully saturated rings. The Morgan fingerprint density at radius 3 is 2.64 bits per heavy atom. The van der Waals surface area contributed by atoms with Gasteiger partial charge in [-0.1, -0.05) is 6.92 Å². The van der Waals surface area contributed by atoms with Gasteiger partial charge in [0.05, 0.1) is 16.4 Å². The summed E-state index contributed by atoms with van der Waals surface area (Å²) in [6.45, 7) is 6.63. The lowest BCUT2D eigenvalue weighted by molar-refractivity contribution is 0.0531. The highest BCUT2D eigenvalue weighted by atomic mass is 32.2. The van der Waals surface area contributed by atoms with Gasteiger partial charge in [0.15, 0.2) is 0 Å². The quantitative estimate of drug-likeness (QED) is 0.334. The van der Waals surface area contributed by atoms with Crippen LogP contribution in [0.25, 0.3) is 0 Å². The number of piperidine rings is 1. The number of nitrogens with one attached hydrogen (secondary N) is 1. The maximum absolute atomic E-state index is 12.9. The first-order chi connectivity index (χ1) is 15.7. The number of hydrogen-bond acceptors (Lipinski definition) is 8. The van der Waals surface area contributed by atoms with Crippen molar-refractivity contribution in [2.75, 3.05) is 25.0 Å². The lowest BCUT2D eigenvalue weighted by atomic mass is 10.0. The number of rotatable bonds is 7. The highest BCUT2D eigenvalue weighted by molar-refractivity contribution is 8.04. The third-order valence-corrected chi connectivity index (χ3v) is 9.30. The smallest absolute Gasteiger partial charge is 0.348 e. The van der Waals surface area contributed by atoms with Gasteiger partial charge < -0.3 is 10.1 Å². The van der Waals surface area contributed by atoms with Crippen LogP contribution in [0, 0.1) is 23.5 Å². The summed E-state index contributed by atoms with van der Waals surface area (Å²) in [7, 11) is -3.61. The van der Waals surface area contributed by atoms with E-state index in [1.807, 2.05) is 12.3 Å². The first-order valence-electron chi connectivity index (χ1n) is 10.5. The Kier molecular flexibility index (Phi) is 8.18. The summed E-state index contributed by atoms with van der Waals surface area (Å²) in [5.74, 6) is -0.670. The van der Waals surface area contributed by atoms with Gasteiger partial charge >= 0.3 is 5.97 Å². The summed E-state index contributed by atoms with van der Waals surface area (Å²) in [4.78, 5) is 26.0. The van der Waals surface area contributed by atoms with Gasteiger partial charge in [-0.05, 0) is 74.2 Å². The Morgan fingerprint density at radius 1 is 1.33 bits per heavy atom. The highest BCUT2D eigenvalue weighted by Crippen LogP contribution is 2.40. The van der Waals surface area contributed by atoms with E-state index < -0.39 is 21.9 Å². The Morgan fingerprint density at radius 2 is 2.03 bits per heavy atom. The first kappa shape index (κ1) is 25.2. The maximum Gasteiger partial charge on any atom is 0.348 e. The van der Waals surface area contributed by atoms with E-state index in [4.69, 9.17) is 10.00 Å². The third kappa shape index (κ3) is 5.58. The van der Waals surface area contributed by atoms with Crippen LogP contribution in [0.5, 0.6) is 0 Å². The predicted octanol–water partition coefficient (Wildman–Crippen LogP) is 4.48. The third-order valence-electron chi connectivity index (χ3n) is 5.30. The zero-order valence-electron chi connectivity index (χ0n) is 18.6. The molecule has 1 aromatic carbocycles. The van der Waals surface area contributed by atoms with E-state index in [0.29, 0.717) is 39.3 Å². The Labute approximate surface area is 202 Å². The number of ether oxygens (including phenoxy) is 1. The van der Waals surface area contributed by atoms with Gasteiger partial charge in [0.1, 0.15) is 15.3 Å². The molecule has 1 unspecified atom stereocenters. The molecule has 2 heterocycles.